The molecular weight excluding hydrogens is 365 g/mol. The molecule has 9 heteroatoms. The molecule has 0 unspecified atom stereocenters. The standard InChI is InChI=1S/C16H13N5O2.2ClH/c17-9-2-1-3-11-15(9)21-14(19-11)7-13-18-10-5-4-8(16(22)23)6-12(10)20-13;;/h1-6H,7,17H2,(H,18,20)(H,19,21)(H,22,23);2*1H. The van der Waals surface area contributed by atoms with Gasteiger partial charge in [0.05, 0.1) is 34.2 Å². The van der Waals surface area contributed by atoms with E-state index in [1.54, 1.807) is 12.1 Å². The van der Waals surface area contributed by atoms with Crippen molar-refractivity contribution in [2.75, 3.05) is 5.73 Å². The number of carbonyl (C=O) groups is 1. The van der Waals surface area contributed by atoms with Gasteiger partial charge in [-0.1, -0.05) is 6.07 Å². The summed E-state index contributed by atoms with van der Waals surface area (Å²) in [6.45, 7) is 0. The van der Waals surface area contributed by atoms with Crippen LogP contribution in [0.4, 0.5) is 5.69 Å². The smallest absolute Gasteiger partial charge is 0.335 e. The first-order valence-corrected chi connectivity index (χ1v) is 7.05. The summed E-state index contributed by atoms with van der Waals surface area (Å²) in [6, 6.07) is 10.4. The van der Waals surface area contributed by atoms with Crippen LogP contribution < -0.4 is 5.73 Å². The summed E-state index contributed by atoms with van der Waals surface area (Å²) in [6.07, 6.45) is 0.477. The fourth-order valence-corrected chi connectivity index (χ4v) is 2.63. The first kappa shape index (κ1) is 18.6. The minimum Gasteiger partial charge on any atom is -0.478 e. The molecule has 0 spiro atoms. The zero-order valence-electron chi connectivity index (χ0n) is 12.8. The first-order valence-electron chi connectivity index (χ1n) is 7.05. The van der Waals surface area contributed by atoms with Crippen LogP contribution in [-0.4, -0.2) is 31.0 Å². The number of nitrogen functional groups attached to an aromatic ring is 1. The monoisotopic (exact) mass is 379 g/mol. The summed E-state index contributed by atoms with van der Waals surface area (Å²) in [4.78, 5) is 26.3. The van der Waals surface area contributed by atoms with Crippen LogP contribution >= 0.6 is 24.8 Å². The predicted octanol–water partition coefficient (Wildman–Crippen LogP) is 3.15. The van der Waals surface area contributed by atoms with Crippen LogP contribution in [0.25, 0.3) is 22.1 Å². The number of anilines is 1. The Morgan fingerprint density at radius 1 is 1.04 bits per heavy atom. The van der Waals surface area contributed by atoms with Gasteiger partial charge in [-0.25, -0.2) is 14.8 Å². The lowest BCUT2D eigenvalue weighted by Gasteiger charge is -1.92. The number of fused-ring (bicyclic) bond motifs is 2. The van der Waals surface area contributed by atoms with Gasteiger partial charge in [-0.05, 0) is 30.3 Å². The number of nitrogens with zero attached hydrogens (tertiary/aromatic N) is 2. The minimum atomic E-state index is -0.962. The second-order valence-electron chi connectivity index (χ2n) is 5.32. The van der Waals surface area contributed by atoms with Crippen molar-refractivity contribution < 1.29 is 9.90 Å². The molecule has 0 aliphatic rings. The normalized spacial score (nSPS) is 10.4. The van der Waals surface area contributed by atoms with E-state index in [2.05, 4.69) is 19.9 Å². The average molecular weight is 380 g/mol. The Morgan fingerprint density at radius 3 is 2.48 bits per heavy atom. The van der Waals surface area contributed by atoms with Gasteiger partial charge in [0.1, 0.15) is 17.2 Å². The third-order valence-corrected chi connectivity index (χ3v) is 3.71. The van der Waals surface area contributed by atoms with Gasteiger partial charge in [0.15, 0.2) is 0 Å². The van der Waals surface area contributed by atoms with E-state index in [9.17, 15) is 4.79 Å². The SMILES string of the molecule is Cl.Cl.Nc1cccc2[nH]c(Cc3nc4ccc(C(=O)O)cc4[nH]3)nc12. The molecule has 25 heavy (non-hydrogen) atoms. The van der Waals surface area contributed by atoms with Crippen LogP contribution in [0, 0.1) is 0 Å². The molecule has 5 N–H and O–H groups in total. The van der Waals surface area contributed by atoms with Gasteiger partial charge in [0.25, 0.3) is 0 Å². The van der Waals surface area contributed by atoms with E-state index in [1.807, 2.05) is 18.2 Å². The van der Waals surface area contributed by atoms with Gasteiger partial charge in [0, 0.05) is 0 Å². The molecule has 7 nitrogen and oxygen atoms in total. The molecule has 130 valence electrons. The summed E-state index contributed by atoms with van der Waals surface area (Å²) >= 11 is 0. The summed E-state index contributed by atoms with van der Waals surface area (Å²) in [5.41, 5.74) is 9.79. The van der Waals surface area contributed by atoms with Gasteiger partial charge in [-0.3, -0.25) is 0 Å². The van der Waals surface area contributed by atoms with Gasteiger partial charge in [0.2, 0.25) is 0 Å². The summed E-state index contributed by atoms with van der Waals surface area (Å²) < 4.78 is 0. The summed E-state index contributed by atoms with van der Waals surface area (Å²) in [5.74, 6) is 0.492. The molecule has 0 bridgehead atoms. The predicted molar refractivity (Wildman–Crippen MR) is 101 cm³/mol. The Labute approximate surface area is 154 Å². The number of H-pyrrole nitrogens is 2. The van der Waals surface area contributed by atoms with Crippen LogP contribution in [-0.2, 0) is 6.42 Å². The van der Waals surface area contributed by atoms with E-state index in [0.717, 1.165) is 22.4 Å². The second kappa shape index (κ2) is 7.00. The Kier molecular flexibility index (Phi) is 5.20. The van der Waals surface area contributed by atoms with Crippen molar-refractivity contribution in [2.24, 2.45) is 0 Å². The zero-order valence-corrected chi connectivity index (χ0v) is 14.4. The fourth-order valence-electron chi connectivity index (χ4n) is 2.63. The Balaban J connectivity index is 0.00000113. The molecule has 0 amide bonds. The largest absolute Gasteiger partial charge is 0.478 e. The van der Waals surface area contributed by atoms with Crippen LogP contribution in [0.2, 0.25) is 0 Å². The maximum absolute atomic E-state index is 11.0. The highest BCUT2D eigenvalue weighted by molar-refractivity contribution is 5.92. The van der Waals surface area contributed by atoms with Crippen molar-refractivity contribution >= 4 is 58.5 Å². The molecule has 2 aromatic heterocycles. The van der Waals surface area contributed by atoms with E-state index >= 15 is 0 Å². The Bertz CT molecular complexity index is 1060. The number of nitrogens with one attached hydrogen (secondary N) is 2. The Morgan fingerprint density at radius 2 is 1.76 bits per heavy atom. The number of aromatic amines is 2. The minimum absolute atomic E-state index is 0. The molecule has 0 saturated heterocycles. The Hall–Kier alpha value is -2.77. The number of halogens is 2. The number of carboxylic acids is 1. The number of para-hydroxylation sites is 1. The van der Waals surface area contributed by atoms with Crippen LogP contribution in [0.5, 0.6) is 0 Å². The molecule has 0 radical (unpaired) electrons. The number of hydrogen-bond acceptors (Lipinski definition) is 4. The van der Waals surface area contributed by atoms with Crippen molar-refractivity contribution in [1.29, 1.82) is 0 Å². The van der Waals surface area contributed by atoms with Crippen molar-refractivity contribution in [2.45, 2.75) is 6.42 Å². The number of nitrogens with two attached hydrogens (primary N) is 1. The lowest BCUT2D eigenvalue weighted by atomic mass is 10.2. The number of benzene rings is 2. The number of hydrogen-bond donors (Lipinski definition) is 4. The van der Waals surface area contributed by atoms with Crippen molar-refractivity contribution in [3.63, 3.8) is 0 Å². The summed E-state index contributed by atoms with van der Waals surface area (Å²) in [7, 11) is 0. The molecule has 2 aromatic carbocycles. The molecule has 0 fully saturated rings. The first-order chi connectivity index (χ1) is 11.1. The van der Waals surface area contributed by atoms with E-state index in [0.29, 0.717) is 23.4 Å². The van der Waals surface area contributed by atoms with Crippen LogP contribution in [0.3, 0.4) is 0 Å². The molecule has 4 aromatic rings. The highest BCUT2D eigenvalue weighted by atomic mass is 35.5. The number of carboxylic acid groups (broad SMARTS) is 1. The van der Waals surface area contributed by atoms with E-state index in [1.165, 1.54) is 6.07 Å². The van der Waals surface area contributed by atoms with Gasteiger partial charge >= 0.3 is 5.97 Å². The molecule has 4 rings (SSSR count). The van der Waals surface area contributed by atoms with Crippen molar-refractivity contribution in [1.82, 2.24) is 19.9 Å². The maximum Gasteiger partial charge on any atom is 0.335 e. The zero-order chi connectivity index (χ0) is 16.0. The second-order valence-corrected chi connectivity index (χ2v) is 5.32. The molecular formula is C16H15Cl2N5O2. The number of aromatic nitrogens is 4. The highest BCUT2D eigenvalue weighted by Crippen LogP contribution is 2.20. The quantitative estimate of drug-likeness (QED) is 0.407. The van der Waals surface area contributed by atoms with E-state index < -0.39 is 5.97 Å². The maximum atomic E-state index is 11.0. The van der Waals surface area contributed by atoms with Crippen LogP contribution in [0.1, 0.15) is 22.0 Å². The number of imidazole rings is 2. The van der Waals surface area contributed by atoms with E-state index in [4.69, 9.17) is 10.8 Å². The summed E-state index contributed by atoms with van der Waals surface area (Å²) in [5, 5.41) is 9.03. The lowest BCUT2D eigenvalue weighted by Crippen LogP contribution is -1.94. The molecule has 2 heterocycles. The highest BCUT2D eigenvalue weighted by Gasteiger charge is 2.10. The molecule has 0 aliphatic carbocycles. The average Bonchev–Trinajstić information content (AvgIpc) is 3.10. The third-order valence-electron chi connectivity index (χ3n) is 3.71. The molecule has 0 saturated carbocycles. The van der Waals surface area contributed by atoms with E-state index in [-0.39, 0.29) is 30.4 Å². The van der Waals surface area contributed by atoms with Gasteiger partial charge in [-0.15, -0.1) is 24.8 Å². The van der Waals surface area contributed by atoms with Gasteiger partial charge in [-0.2, -0.15) is 0 Å². The number of rotatable bonds is 3. The third kappa shape index (κ3) is 3.38. The van der Waals surface area contributed by atoms with Gasteiger partial charge < -0.3 is 20.8 Å². The van der Waals surface area contributed by atoms with Crippen molar-refractivity contribution in [3.05, 3.63) is 53.6 Å². The van der Waals surface area contributed by atoms with Crippen molar-refractivity contribution in [3.8, 4) is 0 Å². The lowest BCUT2D eigenvalue weighted by molar-refractivity contribution is 0.0697. The van der Waals surface area contributed by atoms with Crippen LogP contribution in [0.15, 0.2) is 36.4 Å². The molecule has 0 atom stereocenters. The number of aromatic carboxylic acids is 1. The fraction of sp³-hybridized carbons (Fsp3) is 0.0625. The topological polar surface area (TPSA) is 121 Å². The molecule has 0 aliphatic heterocycles.